The summed E-state index contributed by atoms with van der Waals surface area (Å²) >= 11 is 0. The molecule has 5 rings (SSSR count). The molecule has 0 radical (unpaired) electrons. The molecule has 4 heterocycles. The molecule has 0 aliphatic carbocycles. The quantitative estimate of drug-likeness (QED) is 0.803. The van der Waals surface area contributed by atoms with Crippen LogP contribution < -0.4 is 4.90 Å². The smallest absolute Gasteiger partial charge is 0.272 e. The number of benzene rings is 1. The van der Waals surface area contributed by atoms with Crippen LogP contribution in [0.25, 0.3) is 0 Å². The summed E-state index contributed by atoms with van der Waals surface area (Å²) in [7, 11) is 0. The van der Waals surface area contributed by atoms with E-state index in [1.54, 1.807) is 0 Å². The summed E-state index contributed by atoms with van der Waals surface area (Å²) in [6.45, 7) is 4.54. The molecule has 0 atom stereocenters. The lowest BCUT2D eigenvalue weighted by atomic mass is 10.00. The Balaban J connectivity index is 1.24. The number of pyridine rings is 1. The van der Waals surface area contributed by atoms with Crippen molar-refractivity contribution in [3.05, 3.63) is 59.4 Å². The largest absolute Gasteiger partial charge is 0.370 e. The van der Waals surface area contributed by atoms with Crippen LogP contribution in [-0.2, 0) is 22.4 Å². The third kappa shape index (κ3) is 3.27. The molecule has 146 valence electrons. The van der Waals surface area contributed by atoms with E-state index >= 15 is 0 Å². The van der Waals surface area contributed by atoms with Crippen molar-refractivity contribution < 1.29 is 14.3 Å². The molecular weight excluding hydrogens is 354 g/mol. The Morgan fingerprint density at radius 3 is 2.43 bits per heavy atom. The highest BCUT2D eigenvalue weighted by atomic mass is 16.7. The molecule has 28 heavy (non-hydrogen) atoms. The highest BCUT2D eigenvalue weighted by Gasteiger charge is 2.39. The minimum Gasteiger partial charge on any atom is -0.370 e. The van der Waals surface area contributed by atoms with Crippen LogP contribution in [0.4, 0.5) is 5.69 Å². The SMILES string of the molecule is O=C(c1ccc(N2CCC3(CC2)OCCO3)cn1)N1CCc2ccccc2C1. The van der Waals surface area contributed by atoms with Crippen molar-refractivity contribution in [1.29, 1.82) is 0 Å². The van der Waals surface area contributed by atoms with Gasteiger partial charge in [-0.3, -0.25) is 4.79 Å². The van der Waals surface area contributed by atoms with Gasteiger partial charge >= 0.3 is 0 Å². The number of aromatic nitrogens is 1. The number of ether oxygens (including phenoxy) is 2. The molecular formula is C22H25N3O3. The Labute approximate surface area is 165 Å². The van der Waals surface area contributed by atoms with Gasteiger partial charge in [0.25, 0.3) is 5.91 Å². The third-order valence-electron chi connectivity index (χ3n) is 6.09. The second-order valence-corrected chi connectivity index (χ2v) is 7.74. The normalized spacial score (nSPS) is 21.0. The fourth-order valence-corrected chi connectivity index (χ4v) is 4.42. The van der Waals surface area contributed by atoms with Crippen molar-refractivity contribution in [3.8, 4) is 0 Å². The van der Waals surface area contributed by atoms with Crippen molar-refractivity contribution in [3.63, 3.8) is 0 Å². The highest BCUT2D eigenvalue weighted by molar-refractivity contribution is 5.92. The van der Waals surface area contributed by atoms with Crippen molar-refractivity contribution >= 4 is 11.6 Å². The number of nitrogens with zero attached hydrogens (tertiary/aromatic N) is 3. The molecule has 6 heteroatoms. The number of carbonyl (C=O) groups is 1. The van der Waals surface area contributed by atoms with Gasteiger partial charge in [0.15, 0.2) is 5.79 Å². The van der Waals surface area contributed by atoms with Gasteiger partial charge in [-0.05, 0) is 29.7 Å². The van der Waals surface area contributed by atoms with Crippen molar-refractivity contribution in [2.75, 3.05) is 37.7 Å². The van der Waals surface area contributed by atoms with Gasteiger partial charge in [0.1, 0.15) is 5.69 Å². The number of hydrogen-bond donors (Lipinski definition) is 0. The fraction of sp³-hybridized carbons (Fsp3) is 0.455. The number of hydrogen-bond acceptors (Lipinski definition) is 5. The molecule has 2 saturated heterocycles. The Morgan fingerprint density at radius 2 is 1.71 bits per heavy atom. The van der Waals surface area contributed by atoms with Gasteiger partial charge in [0.05, 0.1) is 25.1 Å². The minimum atomic E-state index is -0.371. The predicted octanol–water partition coefficient (Wildman–Crippen LogP) is 2.62. The second kappa shape index (κ2) is 7.18. The van der Waals surface area contributed by atoms with Crippen LogP contribution in [0, 0.1) is 0 Å². The summed E-state index contributed by atoms with van der Waals surface area (Å²) < 4.78 is 11.6. The first-order chi connectivity index (χ1) is 13.7. The van der Waals surface area contributed by atoms with E-state index in [-0.39, 0.29) is 11.7 Å². The van der Waals surface area contributed by atoms with E-state index in [0.29, 0.717) is 25.5 Å². The Bertz CT molecular complexity index is 852. The number of piperidine rings is 1. The Kier molecular flexibility index (Phi) is 4.53. The van der Waals surface area contributed by atoms with Gasteiger partial charge in [-0.1, -0.05) is 24.3 Å². The summed E-state index contributed by atoms with van der Waals surface area (Å²) in [6.07, 6.45) is 4.45. The summed E-state index contributed by atoms with van der Waals surface area (Å²) in [6, 6.07) is 12.2. The van der Waals surface area contributed by atoms with Crippen LogP contribution in [0.2, 0.25) is 0 Å². The average Bonchev–Trinajstić information content (AvgIpc) is 3.21. The number of fused-ring (bicyclic) bond motifs is 1. The molecule has 0 unspecified atom stereocenters. The van der Waals surface area contributed by atoms with Gasteiger partial charge in [-0.15, -0.1) is 0 Å². The van der Waals surface area contributed by atoms with Crippen LogP contribution in [-0.4, -0.2) is 54.4 Å². The van der Waals surface area contributed by atoms with E-state index in [0.717, 1.165) is 44.6 Å². The summed E-state index contributed by atoms with van der Waals surface area (Å²) in [4.78, 5) is 21.5. The first-order valence-electron chi connectivity index (χ1n) is 10.1. The van der Waals surface area contributed by atoms with Crippen LogP contribution in [0.5, 0.6) is 0 Å². The van der Waals surface area contributed by atoms with Crippen LogP contribution in [0.15, 0.2) is 42.6 Å². The number of anilines is 1. The molecule has 1 amide bonds. The van der Waals surface area contributed by atoms with Crippen LogP contribution in [0.3, 0.4) is 0 Å². The van der Waals surface area contributed by atoms with E-state index < -0.39 is 0 Å². The molecule has 1 aromatic carbocycles. The highest BCUT2D eigenvalue weighted by Crippen LogP contribution is 2.33. The van der Waals surface area contributed by atoms with Crippen molar-refractivity contribution in [1.82, 2.24) is 9.88 Å². The molecule has 2 aromatic rings. The number of rotatable bonds is 2. The fourth-order valence-electron chi connectivity index (χ4n) is 4.42. The van der Waals surface area contributed by atoms with Gasteiger partial charge < -0.3 is 19.3 Å². The molecule has 0 saturated carbocycles. The minimum absolute atomic E-state index is 0.00593. The molecule has 6 nitrogen and oxygen atoms in total. The first kappa shape index (κ1) is 17.6. The molecule has 3 aliphatic rings. The monoisotopic (exact) mass is 379 g/mol. The van der Waals surface area contributed by atoms with Crippen molar-refractivity contribution in [2.24, 2.45) is 0 Å². The zero-order valence-electron chi connectivity index (χ0n) is 16.0. The van der Waals surface area contributed by atoms with Gasteiger partial charge in [-0.2, -0.15) is 0 Å². The zero-order chi connectivity index (χ0) is 19.0. The van der Waals surface area contributed by atoms with Gasteiger partial charge in [0, 0.05) is 39.0 Å². The number of carbonyl (C=O) groups excluding carboxylic acids is 1. The molecule has 2 fully saturated rings. The van der Waals surface area contributed by atoms with Gasteiger partial charge in [-0.25, -0.2) is 4.98 Å². The topological polar surface area (TPSA) is 54.9 Å². The van der Waals surface area contributed by atoms with Crippen molar-refractivity contribution in [2.45, 2.75) is 31.6 Å². The van der Waals surface area contributed by atoms with Gasteiger partial charge in [0.2, 0.25) is 0 Å². The lowest BCUT2D eigenvalue weighted by Gasteiger charge is -2.38. The van der Waals surface area contributed by atoms with E-state index in [4.69, 9.17) is 9.47 Å². The number of amides is 1. The van der Waals surface area contributed by atoms with Crippen LogP contribution >= 0.6 is 0 Å². The maximum atomic E-state index is 12.9. The van der Waals surface area contributed by atoms with Crippen LogP contribution in [0.1, 0.15) is 34.5 Å². The third-order valence-corrected chi connectivity index (χ3v) is 6.09. The maximum absolute atomic E-state index is 12.9. The first-order valence-corrected chi connectivity index (χ1v) is 10.1. The van der Waals surface area contributed by atoms with E-state index in [9.17, 15) is 4.79 Å². The molecule has 1 spiro atoms. The molecule has 0 bridgehead atoms. The lowest BCUT2D eigenvalue weighted by molar-refractivity contribution is -0.169. The second-order valence-electron chi connectivity index (χ2n) is 7.74. The Hall–Kier alpha value is -2.44. The maximum Gasteiger partial charge on any atom is 0.272 e. The molecule has 1 aromatic heterocycles. The lowest BCUT2D eigenvalue weighted by Crippen LogP contribution is -2.45. The molecule has 0 N–H and O–H groups in total. The molecule has 3 aliphatic heterocycles. The van der Waals surface area contributed by atoms with E-state index in [1.165, 1.54) is 11.1 Å². The summed E-state index contributed by atoms with van der Waals surface area (Å²) in [5.74, 6) is -0.365. The Morgan fingerprint density at radius 1 is 0.964 bits per heavy atom. The standard InChI is InChI=1S/C22H25N3O3/c26-21(25-10-7-17-3-1-2-4-18(17)16-25)20-6-5-19(15-23-20)24-11-8-22(9-12-24)27-13-14-28-22/h1-6,15H,7-14,16H2. The van der Waals surface area contributed by atoms with E-state index in [1.807, 2.05) is 29.3 Å². The predicted molar refractivity (Wildman–Crippen MR) is 105 cm³/mol. The summed E-state index contributed by atoms with van der Waals surface area (Å²) in [5, 5.41) is 0. The summed E-state index contributed by atoms with van der Waals surface area (Å²) in [5.41, 5.74) is 4.14. The zero-order valence-corrected chi connectivity index (χ0v) is 16.0. The average molecular weight is 379 g/mol. The van der Waals surface area contributed by atoms with E-state index in [2.05, 4.69) is 28.1 Å².